The second-order valence-corrected chi connectivity index (χ2v) is 6.49. The van der Waals surface area contributed by atoms with E-state index in [1.165, 1.54) is 0 Å². The van der Waals surface area contributed by atoms with Crippen LogP contribution in [-0.4, -0.2) is 46.3 Å². The summed E-state index contributed by atoms with van der Waals surface area (Å²) in [5.41, 5.74) is -0.445. The molecule has 1 atom stereocenters. The normalized spacial score (nSPS) is 19.6. The van der Waals surface area contributed by atoms with Crippen molar-refractivity contribution in [1.82, 2.24) is 14.9 Å². The van der Waals surface area contributed by atoms with Crippen LogP contribution in [0.4, 0.5) is 4.79 Å². The molecule has 21 heavy (non-hydrogen) atoms. The summed E-state index contributed by atoms with van der Waals surface area (Å²) in [7, 11) is 0. The van der Waals surface area contributed by atoms with Crippen LogP contribution in [0.5, 0.6) is 0 Å². The van der Waals surface area contributed by atoms with Gasteiger partial charge in [0, 0.05) is 31.4 Å². The standard InChI is InChI=1S/C15H25N3O3/c1-15(2,3)21-14(19)18-8-4-5-12(9-18)10-20-11-13-16-6-7-17-13/h6-7,12H,4-5,8-11H2,1-3H3,(H,16,17)/t12-/m0/s1. The van der Waals surface area contributed by atoms with Crippen LogP contribution in [0.2, 0.25) is 0 Å². The molecule has 0 radical (unpaired) electrons. The summed E-state index contributed by atoms with van der Waals surface area (Å²) in [5.74, 6) is 1.19. The van der Waals surface area contributed by atoms with E-state index in [0.717, 1.165) is 25.2 Å². The largest absolute Gasteiger partial charge is 0.444 e. The van der Waals surface area contributed by atoms with Gasteiger partial charge < -0.3 is 19.4 Å². The third-order valence-corrected chi connectivity index (χ3v) is 3.32. The molecular formula is C15H25N3O3. The van der Waals surface area contributed by atoms with Crippen LogP contribution in [0.25, 0.3) is 0 Å². The number of nitrogens with one attached hydrogen (secondary N) is 1. The first kappa shape index (κ1) is 15.8. The van der Waals surface area contributed by atoms with E-state index in [9.17, 15) is 4.79 Å². The minimum absolute atomic E-state index is 0.224. The Kier molecular flexibility index (Phi) is 5.22. The number of H-pyrrole nitrogens is 1. The molecule has 1 fully saturated rings. The van der Waals surface area contributed by atoms with E-state index in [0.29, 0.717) is 25.7 Å². The van der Waals surface area contributed by atoms with Crippen LogP contribution in [0.3, 0.4) is 0 Å². The van der Waals surface area contributed by atoms with Crippen molar-refractivity contribution in [1.29, 1.82) is 0 Å². The molecule has 1 aromatic heterocycles. The Hall–Kier alpha value is -1.56. The van der Waals surface area contributed by atoms with Gasteiger partial charge in [-0.05, 0) is 33.6 Å². The Bertz CT molecular complexity index is 440. The van der Waals surface area contributed by atoms with E-state index in [1.807, 2.05) is 20.8 Å². The molecule has 0 unspecified atom stereocenters. The fourth-order valence-corrected chi connectivity index (χ4v) is 2.39. The Labute approximate surface area is 125 Å². The number of carbonyl (C=O) groups excluding carboxylic acids is 1. The SMILES string of the molecule is CC(C)(C)OC(=O)N1CCC[C@H](COCc2ncc[nH]2)C1. The number of imidazole rings is 1. The van der Waals surface area contributed by atoms with E-state index in [1.54, 1.807) is 17.3 Å². The molecule has 1 aliphatic rings. The van der Waals surface area contributed by atoms with Crippen LogP contribution < -0.4 is 0 Å². The van der Waals surface area contributed by atoms with Crippen molar-refractivity contribution in [2.75, 3.05) is 19.7 Å². The second-order valence-electron chi connectivity index (χ2n) is 6.49. The highest BCUT2D eigenvalue weighted by Gasteiger charge is 2.27. The smallest absolute Gasteiger partial charge is 0.410 e. The molecule has 0 aromatic carbocycles. The van der Waals surface area contributed by atoms with Gasteiger partial charge in [-0.3, -0.25) is 0 Å². The molecule has 118 valence electrons. The van der Waals surface area contributed by atoms with Crippen molar-refractivity contribution in [3.05, 3.63) is 18.2 Å². The Balaban J connectivity index is 1.74. The zero-order chi connectivity index (χ0) is 15.3. The predicted octanol–water partition coefficient (Wildman–Crippen LogP) is 2.57. The van der Waals surface area contributed by atoms with E-state index < -0.39 is 5.60 Å². The lowest BCUT2D eigenvalue weighted by Crippen LogP contribution is -2.43. The van der Waals surface area contributed by atoms with Crippen molar-refractivity contribution in [2.45, 2.75) is 45.8 Å². The molecule has 1 saturated heterocycles. The molecule has 1 N–H and O–H groups in total. The van der Waals surface area contributed by atoms with E-state index in [2.05, 4.69) is 9.97 Å². The highest BCUT2D eigenvalue weighted by molar-refractivity contribution is 5.68. The topological polar surface area (TPSA) is 67.4 Å². The fraction of sp³-hybridized carbons (Fsp3) is 0.733. The average molecular weight is 295 g/mol. The second kappa shape index (κ2) is 6.93. The predicted molar refractivity (Wildman–Crippen MR) is 78.8 cm³/mol. The molecule has 0 aliphatic carbocycles. The minimum Gasteiger partial charge on any atom is -0.444 e. The summed E-state index contributed by atoms with van der Waals surface area (Å²) in [4.78, 5) is 21.0. The molecule has 6 nitrogen and oxygen atoms in total. The van der Waals surface area contributed by atoms with Crippen LogP contribution in [0.1, 0.15) is 39.4 Å². The lowest BCUT2D eigenvalue weighted by atomic mass is 9.99. The summed E-state index contributed by atoms with van der Waals surface area (Å²) in [6, 6.07) is 0. The quantitative estimate of drug-likeness (QED) is 0.927. The highest BCUT2D eigenvalue weighted by atomic mass is 16.6. The molecule has 0 spiro atoms. The van der Waals surface area contributed by atoms with Crippen molar-refractivity contribution in [2.24, 2.45) is 5.92 Å². The number of aromatic nitrogens is 2. The van der Waals surface area contributed by atoms with Gasteiger partial charge in [0.05, 0.1) is 6.61 Å². The third-order valence-electron chi connectivity index (χ3n) is 3.32. The monoisotopic (exact) mass is 295 g/mol. The van der Waals surface area contributed by atoms with Gasteiger partial charge in [0.1, 0.15) is 18.0 Å². The van der Waals surface area contributed by atoms with Crippen molar-refractivity contribution in [3.8, 4) is 0 Å². The maximum absolute atomic E-state index is 12.1. The van der Waals surface area contributed by atoms with Gasteiger partial charge in [0.2, 0.25) is 0 Å². The molecule has 2 heterocycles. The number of nitrogens with zero attached hydrogens (tertiary/aromatic N) is 2. The highest BCUT2D eigenvalue weighted by Crippen LogP contribution is 2.19. The maximum Gasteiger partial charge on any atom is 0.410 e. The summed E-state index contributed by atoms with van der Waals surface area (Å²) >= 11 is 0. The van der Waals surface area contributed by atoms with Gasteiger partial charge in [0.15, 0.2) is 0 Å². The number of carbonyl (C=O) groups is 1. The van der Waals surface area contributed by atoms with Crippen molar-refractivity contribution in [3.63, 3.8) is 0 Å². The lowest BCUT2D eigenvalue weighted by molar-refractivity contribution is 0.00545. The number of hydrogen-bond donors (Lipinski definition) is 1. The number of aromatic amines is 1. The van der Waals surface area contributed by atoms with Crippen molar-refractivity contribution < 1.29 is 14.3 Å². The maximum atomic E-state index is 12.1. The average Bonchev–Trinajstić information content (AvgIpc) is 2.90. The number of piperidine rings is 1. The van der Waals surface area contributed by atoms with Crippen LogP contribution >= 0.6 is 0 Å². The minimum atomic E-state index is -0.445. The van der Waals surface area contributed by atoms with Crippen LogP contribution in [0.15, 0.2) is 12.4 Å². The molecule has 0 saturated carbocycles. The summed E-state index contributed by atoms with van der Waals surface area (Å²) < 4.78 is 11.1. The van der Waals surface area contributed by atoms with E-state index >= 15 is 0 Å². The van der Waals surface area contributed by atoms with Gasteiger partial charge in [-0.2, -0.15) is 0 Å². The molecule has 2 rings (SSSR count). The first-order valence-electron chi connectivity index (χ1n) is 7.48. The summed E-state index contributed by atoms with van der Waals surface area (Å²) in [6.45, 7) is 8.25. The van der Waals surface area contributed by atoms with Gasteiger partial charge >= 0.3 is 6.09 Å². The van der Waals surface area contributed by atoms with Crippen LogP contribution in [0, 0.1) is 5.92 Å². The Morgan fingerprint density at radius 1 is 1.52 bits per heavy atom. The molecule has 0 bridgehead atoms. The molecule has 1 aromatic rings. The molecule has 6 heteroatoms. The zero-order valence-electron chi connectivity index (χ0n) is 13.1. The Morgan fingerprint density at radius 3 is 3.00 bits per heavy atom. The van der Waals surface area contributed by atoms with Crippen molar-refractivity contribution >= 4 is 6.09 Å². The number of rotatable bonds is 4. The summed E-state index contributed by atoms with van der Waals surface area (Å²) in [5, 5.41) is 0. The number of likely N-dealkylation sites (tertiary alicyclic amines) is 1. The van der Waals surface area contributed by atoms with Gasteiger partial charge in [-0.25, -0.2) is 9.78 Å². The first-order chi connectivity index (χ1) is 9.94. The summed E-state index contributed by atoms with van der Waals surface area (Å²) in [6.07, 6.45) is 5.34. The number of hydrogen-bond acceptors (Lipinski definition) is 4. The zero-order valence-corrected chi connectivity index (χ0v) is 13.1. The van der Waals surface area contributed by atoms with Gasteiger partial charge in [-0.1, -0.05) is 0 Å². The molecular weight excluding hydrogens is 270 g/mol. The van der Waals surface area contributed by atoms with Gasteiger partial charge in [0.25, 0.3) is 0 Å². The van der Waals surface area contributed by atoms with E-state index in [-0.39, 0.29) is 6.09 Å². The molecule has 1 aliphatic heterocycles. The number of amides is 1. The lowest BCUT2D eigenvalue weighted by Gasteiger charge is -2.34. The molecule has 1 amide bonds. The first-order valence-corrected chi connectivity index (χ1v) is 7.48. The Morgan fingerprint density at radius 2 is 2.33 bits per heavy atom. The van der Waals surface area contributed by atoms with E-state index in [4.69, 9.17) is 9.47 Å². The van der Waals surface area contributed by atoms with Crippen LogP contribution in [-0.2, 0) is 16.1 Å². The third kappa shape index (κ3) is 5.38. The fourth-order valence-electron chi connectivity index (χ4n) is 2.39. The number of ether oxygens (including phenoxy) is 2. The van der Waals surface area contributed by atoms with Gasteiger partial charge in [-0.15, -0.1) is 0 Å².